The van der Waals surface area contributed by atoms with Crippen molar-refractivity contribution < 1.29 is 0 Å². The van der Waals surface area contributed by atoms with Crippen LogP contribution in [0.2, 0.25) is 0 Å². The number of hydrogen-bond acceptors (Lipinski definition) is 2. The molecule has 0 saturated heterocycles. The minimum absolute atomic E-state index is 0.852. The van der Waals surface area contributed by atoms with Crippen molar-refractivity contribution in [3.8, 4) is 0 Å². The summed E-state index contributed by atoms with van der Waals surface area (Å²) in [5.41, 5.74) is 2.92. The summed E-state index contributed by atoms with van der Waals surface area (Å²) in [6.45, 7) is 6.21. The molecule has 0 aromatic carbocycles. The molecule has 0 bridgehead atoms. The molecule has 2 aromatic rings. The van der Waals surface area contributed by atoms with Gasteiger partial charge in [-0.25, -0.2) is 4.99 Å². The Hall–Kier alpha value is -2.10. The van der Waals surface area contributed by atoms with E-state index in [0.717, 1.165) is 35.4 Å². The lowest BCUT2D eigenvalue weighted by atomic mass is 10.1. The van der Waals surface area contributed by atoms with Crippen LogP contribution >= 0.6 is 0 Å². The molecule has 0 amide bonds. The first kappa shape index (κ1) is 11.4. The van der Waals surface area contributed by atoms with Gasteiger partial charge in [-0.15, -0.1) is 0 Å². The number of aliphatic imine (C=N–C) groups is 1. The summed E-state index contributed by atoms with van der Waals surface area (Å²) < 4.78 is 0. The quantitative estimate of drug-likeness (QED) is 0.758. The van der Waals surface area contributed by atoms with Crippen molar-refractivity contribution in [2.45, 2.75) is 19.8 Å². The first-order valence-corrected chi connectivity index (χ1v) is 5.71. The predicted molar refractivity (Wildman–Crippen MR) is 70.6 cm³/mol. The Balaban J connectivity index is 2.22. The van der Waals surface area contributed by atoms with Crippen molar-refractivity contribution in [3.63, 3.8) is 0 Å². The Morgan fingerprint density at radius 1 is 1.59 bits per heavy atom. The second kappa shape index (κ2) is 5.30. The molecule has 0 saturated carbocycles. The minimum atomic E-state index is 0.852. The van der Waals surface area contributed by atoms with Crippen LogP contribution in [-0.4, -0.2) is 21.4 Å². The molecule has 0 aliphatic heterocycles. The van der Waals surface area contributed by atoms with Crippen LogP contribution in [0.4, 0.5) is 5.82 Å². The third-order valence-electron chi connectivity index (χ3n) is 2.54. The molecular formula is C13H16N4. The Bertz CT molecular complexity index is 505. The highest BCUT2D eigenvalue weighted by Crippen LogP contribution is 2.28. The summed E-state index contributed by atoms with van der Waals surface area (Å²) in [6.07, 6.45) is 9.47. The van der Waals surface area contributed by atoms with E-state index in [2.05, 4.69) is 33.7 Å². The number of nitrogens with zero attached hydrogens (tertiary/aromatic N) is 2. The minimum Gasteiger partial charge on any atom is -0.346 e. The van der Waals surface area contributed by atoms with E-state index >= 15 is 0 Å². The molecule has 0 unspecified atom stereocenters. The van der Waals surface area contributed by atoms with Gasteiger partial charge >= 0.3 is 0 Å². The van der Waals surface area contributed by atoms with Crippen LogP contribution in [0.3, 0.4) is 0 Å². The van der Waals surface area contributed by atoms with Gasteiger partial charge in [-0.3, -0.25) is 5.10 Å². The van der Waals surface area contributed by atoms with Crippen LogP contribution in [0, 0.1) is 0 Å². The lowest BCUT2D eigenvalue weighted by Gasteiger charge is -2.01. The van der Waals surface area contributed by atoms with Crippen LogP contribution in [0.15, 0.2) is 36.2 Å². The molecular weight excluding hydrogens is 212 g/mol. The molecule has 0 atom stereocenters. The van der Waals surface area contributed by atoms with Gasteiger partial charge in [0.15, 0.2) is 0 Å². The monoisotopic (exact) mass is 228 g/mol. The molecule has 4 heteroatoms. The van der Waals surface area contributed by atoms with E-state index in [-0.39, 0.29) is 0 Å². The van der Waals surface area contributed by atoms with Gasteiger partial charge in [0.05, 0.1) is 6.20 Å². The molecule has 17 heavy (non-hydrogen) atoms. The first-order valence-electron chi connectivity index (χ1n) is 5.71. The maximum atomic E-state index is 4.41. The summed E-state index contributed by atoms with van der Waals surface area (Å²) >= 11 is 0. The highest BCUT2D eigenvalue weighted by molar-refractivity contribution is 5.83. The molecule has 2 rings (SSSR count). The van der Waals surface area contributed by atoms with Gasteiger partial charge in [0.2, 0.25) is 0 Å². The predicted octanol–water partition coefficient (Wildman–Crippen LogP) is 3.30. The highest BCUT2D eigenvalue weighted by atomic mass is 15.1. The van der Waals surface area contributed by atoms with Crippen molar-refractivity contribution in [2.75, 3.05) is 0 Å². The summed E-state index contributed by atoms with van der Waals surface area (Å²) in [6, 6.07) is 1.98. The molecule has 0 spiro atoms. The zero-order chi connectivity index (χ0) is 12.1. The van der Waals surface area contributed by atoms with E-state index in [9.17, 15) is 0 Å². The number of unbranched alkanes of at least 4 members (excludes halogenated alkanes) is 1. The zero-order valence-electron chi connectivity index (χ0n) is 9.90. The second-order valence-electron chi connectivity index (χ2n) is 3.81. The van der Waals surface area contributed by atoms with Crippen molar-refractivity contribution in [1.29, 1.82) is 0 Å². The van der Waals surface area contributed by atoms with Gasteiger partial charge in [0.25, 0.3) is 0 Å². The van der Waals surface area contributed by atoms with Crippen LogP contribution in [-0.2, 0) is 0 Å². The third kappa shape index (κ3) is 2.53. The number of rotatable bonds is 5. The van der Waals surface area contributed by atoms with Crippen molar-refractivity contribution in [2.24, 2.45) is 4.99 Å². The van der Waals surface area contributed by atoms with Gasteiger partial charge in [-0.05, 0) is 18.1 Å². The van der Waals surface area contributed by atoms with Crippen LogP contribution in [0.25, 0.3) is 5.57 Å². The third-order valence-corrected chi connectivity index (χ3v) is 2.54. The topological polar surface area (TPSA) is 56.8 Å². The van der Waals surface area contributed by atoms with E-state index < -0.39 is 0 Å². The van der Waals surface area contributed by atoms with Crippen LogP contribution < -0.4 is 0 Å². The average Bonchev–Trinajstić information content (AvgIpc) is 3.00. The van der Waals surface area contributed by atoms with Gasteiger partial charge < -0.3 is 4.98 Å². The van der Waals surface area contributed by atoms with E-state index in [0.29, 0.717) is 0 Å². The molecule has 4 nitrogen and oxygen atoms in total. The summed E-state index contributed by atoms with van der Waals surface area (Å²) in [5, 5.41) is 6.71. The molecule has 2 heterocycles. The highest BCUT2D eigenvalue weighted by Gasteiger charge is 2.08. The van der Waals surface area contributed by atoms with E-state index in [1.54, 1.807) is 6.20 Å². The summed E-state index contributed by atoms with van der Waals surface area (Å²) in [5.74, 6) is 0.852. The molecule has 0 aliphatic rings. The fourth-order valence-electron chi connectivity index (χ4n) is 1.57. The lowest BCUT2D eigenvalue weighted by molar-refractivity contribution is 1.01. The standard InChI is InChI=1S/C13H16N4/c1-3-4-6-14-13-12(5-7-15-13)10(2)11-8-16-17-9-11/h5-9,15H,2-4H2,1H3,(H,16,17). The van der Waals surface area contributed by atoms with E-state index in [1.165, 1.54) is 0 Å². The zero-order valence-corrected chi connectivity index (χ0v) is 9.90. The maximum absolute atomic E-state index is 4.41. The fourth-order valence-corrected chi connectivity index (χ4v) is 1.57. The van der Waals surface area contributed by atoms with Gasteiger partial charge in [-0.1, -0.05) is 19.9 Å². The van der Waals surface area contributed by atoms with Crippen molar-refractivity contribution in [1.82, 2.24) is 15.2 Å². The molecule has 0 fully saturated rings. The van der Waals surface area contributed by atoms with E-state index in [1.807, 2.05) is 24.7 Å². The molecule has 2 N–H and O–H groups in total. The Kier molecular flexibility index (Phi) is 3.55. The molecule has 0 aliphatic carbocycles. The number of aromatic amines is 2. The number of hydrogen-bond donors (Lipinski definition) is 2. The normalized spacial score (nSPS) is 11.1. The van der Waals surface area contributed by atoms with Gasteiger partial charge in [-0.2, -0.15) is 5.10 Å². The Labute approximate surface area is 100 Å². The first-order chi connectivity index (χ1) is 8.33. The van der Waals surface area contributed by atoms with Gasteiger partial charge in [0, 0.05) is 29.7 Å². The Morgan fingerprint density at radius 3 is 3.18 bits per heavy atom. The fraction of sp³-hybridized carbons (Fsp3) is 0.231. The van der Waals surface area contributed by atoms with Crippen molar-refractivity contribution in [3.05, 3.63) is 42.4 Å². The average molecular weight is 228 g/mol. The lowest BCUT2D eigenvalue weighted by Crippen LogP contribution is -1.82. The maximum Gasteiger partial charge on any atom is 0.137 e. The largest absolute Gasteiger partial charge is 0.346 e. The summed E-state index contributed by atoms with van der Waals surface area (Å²) in [7, 11) is 0. The van der Waals surface area contributed by atoms with Crippen molar-refractivity contribution >= 4 is 17.6 Å². The van der Waals surface area contributed by atoms with Gasteiger partial charge in [0.1, 0.15) is 5.82 Å². The second-order valence-corrected chi connectivity index (χ2v) is 3.81. The molecule has 88 valence electrons. The SMILES string of the molecule is C=C(c1cn[nH]c1)c1cc[nH]c1N=CCCC. The Morgan fingerprint density at radius 2 is 2.47 bits per heavy atom. The van der Waals surface area contributed by atoms with E-state index in [4.69, 9.17) is 0 Å². The number of nitrogens with one attached hydrogen (secondary N) is 2. The smallest absolute Gasteiger partial charge is 0.137 e. The molecule has 2 aromatic heterocycles. The van der Waals surface area contributed by atoms with Crippen LogP contribution in [0.5, 0.6) is 0 Å². The van der Waals surface area contributed by atoms with Crippen LogP contribution in [0.1, 0.15) is 30.9 Å². The number of aromatic nitrogens is 3. The summed E-state index contributed by atoms with van der Waals surface area (Å²) in [4.78, 5) is 7.53. The molecule has 0 radical (unpaired) electrons. The number of H-pyrrole nitrogens is 2.